The fourth-order valence-corrected chi connectivity index (χ4v) is 4.83. The second kappa shape index (κ2) is 8.59. The molecule has 3 aromatic heterocycles. The molecule has 4 aromatic rings. The summed E-state index contributed by atoms with van der Waals surface area (Å²) < 4.78 is 6.38. The van der Waals surface area contributed by atoms with E-state index in [0.29, 0.717) is 41.0 Å². The van der Waals surface area contributed by atoms with Crippen LogP contribution in [0.15, 0.2) is 29.3 Å². The maximum atomic E-state index is 12.8. The van der Waals surface area contributed by atoms with Gasteiger partial charge in [-0.2, -0.15) is 0 Å². The third kappa shape index (κ3) is 3.88. The smallest absolute Gasteiger partial charge is 0.261 e. The van der Waals surface area contributed by atoms with Crippen LogP contribution in [0.4, 0.5) is 5.69 Å². The number of H-pyrrole nitrogens is 3. The molecule has 174 valence electrons. The van der Waals surface area contributed by atoms with Crippen molar-refractivity contribution in [2.24, 2.45) is 5.92 Å². The van der Waals surface area contributed by atoms with Crippen molar-refractivity contribution in [2.45, 2.75) is 39.5 Å². The molecule has 1 aliphatic heterocycles. The van der Waals surface area contributed by atoms with Crippen molar-refractivity contribution in [1.29, 1.82) is 0 Å². The first-order valence-electron chi connectivity index (χ1n) is 11.8. The summed E-state index contributed by atoms with van der Waals surface area (Å²) in [7, 11) is 0. The van der Waals surface area contributed by atoms with Crippen LogP contribution in [-0.2, 0) is 0 Å². The molecule has 5 N–H and O–H groups in total. The number of imidazole rings is 1. The number of pyridine rings is 1. The maximum absolute atomic E-state index is 12.8. The molecule has 0 unspecified atom stereocenters. The number of nitrogens with two attached hydrogens (primary N) is 1. The van der Waals surface area contributed by atoms with Gasteiger partial charge in [-0.15, -0.1) is 0 Å². The lowest BCUT2D eigenvalue weighted by atomic mass is 9.88. The highest BCUT2D eigenvalue weighted by atomic mass is 16.5. The molecule has 1 aliphatic rings. The number of fused-ring (bicyclic) bond motifs is 2. The van der Waals surface area contributed by atoms with Gasteiger partial charge in [0.05, 0.1) is 23.3 Å². The zero-order valence-electron chi connectivity index (χ0n) is 19.5. The highest BCUT2D eigenvalue weighted by Crippen LogP contribution is 2.39. The van der Waals surface area contributed by atoms with Gasteiger partial charge in [0.15, 0.2) is 5.75 Å². The molecule has 1 fully saturated rings. The number of rotatable bonds is 6. The van der Waals surface area contributed by atoms with Crippen LogP contribution in [0.3, 0.4) is 0 Å². The van der Waals surface area contributed by atoms with Gasteiger partial charge in [-0.25, -0.2) is 4.98 Å². The molecule has 8 heteroatoms. The Hall–Kier alpha value is -3.26. The van der Waals surface area contributed by atoms with E-state index < -0.39 is 0 Å². The monoisotopic (exact) mass is 448 g/mol. The van der Waals surface area contributed by atoms with Crippen molar-refractivity contribution >= 4 is 27.6 Å². The fourth-order valence-electron chi connectivity index (χ4n) is 4.83. The molecule has 0 saturated carbocycles. The minimum atomic E-state index is -0.222. The van der Waals surface area contributed by atoms with Crippen LogP contribution in [0.5, 0.6) is 5.75 Å². The predicted octanol–water partition coefficient (Wildman–Crippen LogP) is 4.22. The topological polar surface area (TPSA) is 116 Å². The molecule has 0 atom stereocenters. The molecule has 1 aromatic carbocycles. The summed E-state index contributed by atoms with van der Waals surface area (Å²) >= 11 is 0. The number of aromatic amines is 3. The SMILES string of the molecule is CCN1CCC(c2ccc3[nH]c(-c4c(=O)[nH]cc5c(N)c[nH]c45)nc3c2OCC(C)C)CC1. The van der Waals surface area contributed by atoms with Gasteiger partial charge in [-0.05, 0) is 55.9 Å². The second-order valence-electron chi connectivity index (χ2n) is 9.40. The van der Waals surface area contributed by atoms with Crippen LogP contribution in [0.1, 0.15) is 45.1 Å². The zero-order valence-corrected chi connectivity index (χ0v) is 19.5. The van der Waals surface area contributed by atoms with E-state index in [9.17, 15) is 4.79 Å². The minimum absolute atomic E-state index is 0.222. The van der Waals surface area contributed by atoms with E-state index in [1.54, 1.807) is 12.4 Å². The molecular formula is C25H32N6O2. The third-order valence-corrected chi connectivity index (χ3v) is 6.69. The Kier molecular flexibility index (Phi) is 5.62. The van der Waals surface area contributed by atoms with Gasteiger partial charge >= 0.3 is 0 Å². The van der Waals surface area contributed by atoms with Gasteiger partial charge in [0.25, 0.3) is 5.56 Å². The average Bonchev–Trinajstić information content (AvgIpc) is 3.41. The number of anilines is 1. The summed E-state index contributed by atoms with van der Waals surface area (Å²) in [6.07, 6.45) is 5.54. The summed E-state index contributed by atoms with van der Waals surface area (Å²) in [5, 5.41) is 0.768. The second-order valence-corrected chi connectivity index (χ2v) is 9.40. The van der Waals surface area contributed by atoms with E-state index in [1.807, 2.05) is 0 Å². The molecule has 8 nitrogen and oxygen atoms in total. The van der Waals surface area contributed by atoms with Crippen molar-refractivity contribution in [1.82, 2.24) is 24.8 Å². The summed E-state index contributed by atoms with van der Waals surface area (Å²) in [5.74, 6) is 2.18. The number of aromatic nitrogens is 4. The lowest BCUT2D eigenvalue weighted by Gasteiger charge is -2.32. The lowest BCUT2D eigenvalue weighted by Crippen LogP contribution is -2.32. The number of hydrogen-bond donors (Lipinski definition) is 4. The molecule has 0 aliphatic carbocycles. The number of nitrogens with zero attached hydrogens (tertiary/aromatic N) is 2. The third-order valence-electron chi connectivity index (χ3n) is 6.69. The van der Waals surface area contributed by atoms with Crippen LogP contribution < -0.4 is 16.0 Å². The van der Waals surface area contributed by atoms with E-state index in [0.717, 1.165) is 54.6 Å². The molecule has 0 bridgehead atoms. The number of ether oxygens (including phenoxy) is 1. The minimum Gasteiger partial charge on any atom is -0.491 e. The van der Waals surface area contributed by atoms with Crippen molar-refractivity contribution < 1.29 is 4.74 Å². The van der Waals surface area contributed by atoms with Crippen LogP contribution in [0, 0.1) is 5.92 Å². The molecule has 0 spiro atoms. The van der Waals surface area contributed by atoms with Gasteiger partial charge in [0.2, 0.25) is 0 Å². The molecule has 0 amide bonds. The maximum Gasteiger partial charge on any atom is 0.261 e. The van der Waals surface area contributed by atoms with Gasteiger partial charge in [-0.1, -0.05) is 26.8 Å². The number of hydrogen-bond acceptors (Lipinski definition) is 5. The zero-order chi connectivity index (χ0) is 23.1. The number of nitrogens with one attached hydrogen (secondary N) is 3. The van der Waals surface area contributed by atoms with E-state index in [4.69, 9.17) is 15.5 Å². The first-order chi connectivity index (χ1) is 16.0. The molecule has 0 radical (unpaired) electrons. The molecule has 1 saturated heterocycles. The standard InChI is InChI=1S/C25H32N6O2/c1-4-31-9-7-15(8-10-31)16-5-6-19-22(23(16)33-13-14(2)3)30-24(29-19)20-21-17(11-28-25(20)32)18(26)12-27-21/h5-6,11-12,14-15,27H,4,7-10,13,26H2,1-3H3,(H,28,32)(H,29,30). The Bertz CT molecular complexity index is 1340. The molecule has 5 rings (SSSR count). The quantitative estimate of drug-likeness (QED) is 0.353. The summed E-state index contributed by atoms with van der Waals surface area (Å²) in [6.45, 7) is 10.4. The van der Waals surface area contributed by atoms with Crippen LogP contribution in [0.2, 0.25) is 0 Å². The van der Waals surface area contributed by atoms with E-state index in [1.165, 1.54) is 5.56 Å². The van der Waals surface area contributed by atoms with Crippen molar-refractivity contribution in [2.75, 3.05) is 32.0 Å². The number of nitrogen functional groups attached to an aromatic ring is 1. The van der Waals surface area contributed by atoms with E-state index in [2.05, 4.69) is 52.8 Å². The van der Waals surface area contributed by atoms with Gasteiger partial charge in [-0.3, -0.25) is 4.79 Å². The van der Waals surface area contributed by atoms with Crippen LogP contribution in [0.25, 0.3) is 33.3 Å². The van der Waals surface area contributed by atoms with Crippen molar-refractivity contribution in [3.05, 3.63) is 40.4 Å². The Morgan fingerprint density at radius 3 is 2.73 bits per heavy atom. The largest absolute Gasteiger partial charge is 0.491 e. The number of piperidine rings is 1. The molecular weight excluding hydrogens is 416 g/mol. The molecule has 4 heterocycles. The van der Waals surface area contributed by atoms with E-state index >= 15 is 0 Å². The number of likely N-dealkylation sites (tertiary alicyclic amines) is 1. The van der Waals surface area contributed by atoms with Crippen molar-refractivity contribution in [3.8, 4) is 17.1 Å². The van der Waals surface area contributed by atoms with Crippen LogP contribution >= 0.6 is 0 Å². The van der Waals surface area contributed by atoms with Crippen molar-refractivity contribution in [3.63, 3.8) is 0 Å². The predicted molar refractivity (Wildman–Crippen MR) is 133 cm³/mol. The first-order valence-corrected chi connectivity index (χ1v) is 11.8. The summed E-state index contributed by atoms with van der Waals surface area (Å²) in [6, 6.07) is 4.23. The van der Waals surface area contributed by atoms with Gasteiger partial charge < -0.3 is 30.3 Å². The first kappa shape index (κ1) is 21.6. The normalized spacial score (nSPS) is 15.8. The Morgan fingerprint density at radius 1 is 1.21 bits per heavy atom. The lowest BCUT2D eigenvalue weighted by molar-refractivity contribution is 0.217. The van der Waals surface area contributed by atoms with E-state index in [-0.39, 0.29) is 5.56 Å². The van der Waals surface area contributed by atoms with Gasteiger partial charge in [0.1, 0.15) is 16.9 Å². The van der Waals surface area contributed by atoms with Gasteiger partial charge in [0, 0.05) is 17.8 Å². The summed E-state index contributed by atoms with van der Waals surface area (Å²) in [4.78, 5) is 29.4. The molecule has 33 heavy (non-hydrogen) atoms. The number of benzene rings is 1. The Morgan fingerprint density at radius 2 is 2.00 bits per heavy atom. The highest BCUT2D eigenvalue weighted by Gasteiger charge is 2.26. The van der Waals surface area contributed by atoms with Crippen LogP contribution in [-0.4, -0.2) is 51.1 Å². The Labute approximate surface area is 192 Å². The summed E-state index contributed by atoms with van der Waals surface area (Å²) in [5.41, 5.74) is 10.4. The fraction of sp³-hybridized carbons (Fsp3) is 0.440. The highest BCUT2D eigenvalue weighted by molar-refractivity contribution is 6.00. The average molecular weight is 449 g/mol. The Balaban J connectivity index is 1.63.